The summed E-state index contributed by atoms with van der Waals surface area (Å²) in [4.78, 5) is 12.2. The first-order valence-electron chi connectivity index (χ1n) is 7.48. The fraction of sp³-hybridized carbons (Fsp3) is 0.278. The van der Waals surface area contributed by atoms with Crippen molar-refractivity contribution < 1.29 is 9.53 Å². The Hall–Kier alpha value is -2.04. The zero-order chi connectivity index (χ0) is 15.9. The van der Waals surface area contributed by atoms with Crippen LogP contribution >= 0.6 is 12.4 Å². The van der Waals surface area contributed by atoms with Crippen LogP contribution in [0, 0.1) is 6.92 Å². The van der Waals surface area contributed by atoms with Gasteiger partial charge in [-0.05, 0) is 54.8 Å². The van der Waals surface area contributed by atoms with Crippen LogP contribution in [-0.4, -0.2) is 12.5 Å². The molecule has 0 aliphatic heterocycles. The second-order valence-electron chi connectivity index (χ2n) is 5.18. The third-order valence-corrected chi connectivity index (χ3v) is 3.37. The molecule has 2 rings (SSSR count). The van der Waals surface area contributed by atoms with E-state index < -0.39 is 0 Å². The van der Waals surface area contributed by atoms with Crippen molar-refractivity contribution in [1.82, 2.24) is 0 Å². The molecule has 3 N–H and O–H groups in total. The Labute approximate surface area is 143 Å². The molecule has 0 atom stereocenters. The first-order chi connectivity index (χ1) is 10.6. The lowest BCUT2D eigenvalue weighted by atomic mass is 10.1. The highest BCUT2D eigenvalue weighted by atomic mass is 35.5. The Morgan fingerprint density at radius 1 is 1.17 bits per heavy atom. The fourth-order valence-electron chi connectivity index (χ4n) is 2.07. The predicted octanol–water partition coefficient (Wildman–Crippen LogP) is 3.92. The minimum atomic E-state index is -0.131. The lowest BCUT2D eigenvalue weighted by Crippen LogP contribution is -2.13. The lowest BCUT2D eigenvalue weighted by molar-refractivity contribution is 0.102. The quantitative estimate of drug-likeness (QED) is 0.841. The fourth-order valence-corrected chi connectivity index (χ4v) is 2.07. The topological polar surface area (TPSA) is 64.3 Å². The van der Waals surface area contributed by atoms with Crippen molar-refractivity contribution in [2.45, 2.75) is 26.8 Å². The van der Waals surface area contributed by atoms with Gasteiger partial charge in [0, 0.05) is 17.8 Å². The summed E-state index contributed by atoms with van der Waals surface area (Å²) in [5.41, 5.74) is 8.94. The van der Waals surface area contributed by atoms with Gasteiger partial charge in [-0.15, -0.1) is 12.4 Å². The van der Waals surface area contributed by atoms with Gasteiger partial charge in [-0.25, -0.2) is 0 Å². The maximum Gasteiger partial charge on any atom is 0.255 e. The van der Waals surface area contributed by atoms with Gasteiger partial charge in [0.2, 0.25) is 0 Å². The minimum Gasteiger partial charge on any atom is -0.494 e. The summed E-state index contributed by atoms with van der Waals surface area (Å²) in [6, 6.07) is 13.0. The van der Waals surface area contributed by atoms with Crippen molar-refractivity contribution in [3.8, 4) is 5.75 Å². The van der Waals surface area contributed by atoms with Crippen LogP contribution in [0.5, 0.6) is 5.75 Å². The van der Waals surface area contributed by atoms with E-state index in [2.05, 4.69) is 12.2 Å². The lowest BCUT2D eigenvalue weighted by Gasteiger charge is -2.11. The molecule has 0 aliphatic rings. The third-order valence-electron chi connectivity index (χ3n) is 3.37. The number of hydrogen-bond donors (Lipinski definition) is 2. The van der Waals surface area contributed by atoms with Gasteiger partial charge in [0.25, 0.3) is 5.91 Å². The first-order valence-corrected chi connectivity index (χ1v) is 7.48. The van der Waals surface area contributed by atoms with Crippen LogP contribution < -0.4 is 15.8 Å². The normalized spacial score (nSPS) is 9.87. The van der Waals surface area contributed by atoms with E-state index >= 15 is 0 Å². The average molecular weight is 335 g/mol. The molecule has 0 saturated carbocycles. The Kier molecular flexibility index (Phi) is 7.59. The van der Waals surface area contributed by atoms with Crippen LogP contribution in [0.1, 0.15) is 34.8 Å². The molecule has 0 bridgehead atoms. The predicted molar refractivity (Wildman–Crippen MR) is 96.5 cm³/mol. The van der Waals surface area contributed by atoms with E-state index in [0.717, 1.165) is 29.0 Å². The van der Waals surface area contributed by atoms with Gasteiger partial charge < -0.3 is 15.8 Å². The van der Waals surface area contributed by atoms with Gasteiger partial charge in [-0.1, -0.05) is 19.1 Å². The van der Waals surface area contributed by atoms with E-state index in [1.54, 1.807) is 12.1 Å². The number of hydrogen-bond acceptors (Lipinski definition) is 3. The molecule has 0 saturated heterocycles. The molecule has 0 radical (unpaired) electrons. The Morgan fingerprint density at radius 2 is 1.87 bits per heavy atom. The zero-order valence-electron chi connectivity index (χ0n) is 13.5. The van der Waals surface area contributed by atoms with Gasteiger partial charge in [0.05, 0.1) is 6.61 Å². The second-order valence-corrected chi connectivity index (χ2v) is 5.18. The van der Waals surface area contributed by atoms with Crippen molar-refractivity contribution in [2.24, 2.45) is 5.73 Å². The van der Waals surface area contributed by atoms with E-state index in [9.17, 15) is 4.79 Å². The highest BCUT2D eigenvalue weighted by Crippen LogP contribution is 2.22. The van der Waals surface area contributed by atoms with Crippen LogP contribution in [0.25, 0.3) is 0 Å². The van der Waals surface area contributed by atoms with Crippen LogP contribution in [0.4, 0.5) is 5.69 Å². The number of benzene rings is 2. The summed E-state index contributed by atoms with van der Waals surface area (Å²) in [5.74, 6) is 0.693. The van der Waals surface area contributed by atoms with Crippen molar-refractivity contribution in [3.05, 3.63) is 59.2 Å². The largest absolute Gasteiger partial charge is 0.494 e. The molecule has 0 spiro atoms. The number of nitrogens with one attached hydrogen (secondary N) is 1. The summed E-state index contributed by atoms with van der Waals surface area (Å²) >= 11 is 0. The third kappa shape index (κ3) is 5.27. The highest BCUT2D eigenvalue weighted by molar-refractivity contribution is 6.04. The Morgan fingerprint density at radius 3 is 2.43 bits per heavy atom. The summed E-state index contributed by atoms with van der Waals surface area (Å²) in [6.45, 7) is 5.18. The number of ether oxygens (including phenoxy) is 1. The molecule has 1 amide bonds. The van der Waals surface area contributed by atoms with Gasteiger partial charge in [-0.3, -0.25) is 4.79 Å². The Bertz CT molecular complexity index is 642. The number of aryl methyl sites for hydroxylation is 1. The van der Waals surface area contributed by atoms with Crippen LogP contribution in [0.3, 0.4) is 0 Å². The number of halogens is 1. The summed E-state index contributed by atoms with van der Waals surface area (Å²) in [6.07, 6.45) is 0.969. The molecule has 2 aromatic rings. The van der Waals surface area contributed by atoms with Crippen LogP contribution in [0.2, 0.25) is 0 Å². The highest BCUT2D eigenvalue weighted by Gasteiger charge is 2.08. The summed E-state index contributed by atoms with van der Waals surface area (Å²) < 4.78 is 5.58. The molecular formula is C18H23ClN2O2. The van der Waals surface area contributed by atoms with Gasteiger partial charge >= 0.3 is 0 Å². The molecular weight excluding hydrogens is 312 g/mol. The molecule has 5 heteroatoms. The van der Waals surface area contributed by atoms with Gasteiger partial charge in [0.15, 0.2) is 0 Å². The van der Waals surface area contributed by atoms with E-state index in [1.807, 2.05) is 37.3 Å². The molecule has 0 heterocycles. The minimum absolute atomic E-state index is 0. The number of rotatable bonds is 6. The number of carbonyl (C=O) groups excluding carboxylic acids is 1. The summed E-state index contributed by atoms with van der Waals surface area (Å²) in [7, 11) is 0. The van der Waals surface area contributed by atoms with E-state index in [4.69, 9.17) is 10.5 Å². The van der Waals surface area contributed by atoms with Crippen molar-refractivity contribution in [2.75, 3.05) is 11.9 Å². The van der Waals surface area contributed by atoms with Crippen molar-refractivity contribution >= 4 is 24.0 Å². The molecule has 0 fully saturated rings. The van der Waals surface area contributed by atoms with E-state index in [0.29, 0.717) is 18.7 Å². The monoisotopic (exact) mass is 334 g/mol. The Balaban J connectivity index is 0.00000264. The van der Waals surface area contributed by atoms with E-state index in [1.165, 1.54) is 0 Å². The zero-order valence-corrected chi connectivity index (χ0v) is 14.3. The van der Waals surface area contributed by atoms with Gasteiger partial charge in [-0.2, -0.15) is 0 Å². The number of nitrogens with two attached hydrogens (primary N) is 1. The average Bonchev–Trinajstić information content (AvgIpc) is 2.55. The maximum atomic E-state index is 12.2. The molecule has 4 nitrogen and oxygen atoms in total. The van der Waals surface area contributed by atoms with Crippen molar-refractivity contribution in [3.63, 3.8) is 0 Å². The number of anilines is 1. The molecule has 0 aromatic heterocycles. The molecule has 0 aliphatic carbocycles. The van der Waals surface area contributed by atoms with Crippen molar-refractivity contribution in [1.29, 1.82) is 0 Å². The molecule has 2 aromatic carbocycles. The smallest absolute Gasteiger partial charge is 0.255 e. The SMILES string of the molecule is CCCOc1ccc(NC(=O)c2ccc(CN)cc2)c(C)c1.Cl. The van der Waals surface area contributed by atoms with Crippen LogP contribution in [-0.2, 0) is 6.54 Å². The molecule has 124 valence electrons. The summed E-state index contributed by atoms with van der Waals surface area (Å²) in [5, 5.41) is 2.92. The van der Waals surface area contributed by atoms with Crippen LogP contribution in [0.15, 0.2) is 42.5 Å². The number of amides is 1. The van der Waals surface area contributed by atoms with E-state index in [-0.39, 0.29) is 18.3 Å². The maximum absolute atomic E-state index is 12.2. The standard InChI is InChI=1S/C18H22N2O2.ClH/c1-3-10-22-16-8-9-17(13(2)11-16)20-18(21)15-6-4-14(12-19)5-7-15;/h4-9,11H,3,10,12,19H2,1-2H3,(H,20,21);1H. The molecule has 0 unspecified atom stereocenters. The molecule has 23 heavy (non-hydrogen) atoms. The number of carbonyl (C=O) groups is 1. The second kappa shape index (κ2) is 9.18. The van der Waals surface area contributed by atoms with Gasteiger partial charge in [0.1, 0.15) is 5.75 Å². The first kappa shape index (κ1) is 19.0.